The highest BCUT2D eigenvalue weighted by Gasteiger charge is 2.15. The molecule has 2 rings (SSSR count). The lowest BCUT2D eigenvalue weighted by molar-refractivity contribution is 0.841. The van der Waals surface area contributed by atoms with Crippen LogP contribution >= 0.6 is 0 Å². The second-order valence-corrected chi connectivity index (χ2v) is 5.81. The SMILES string of the molecule is Cc1nnc(NCCN(C)c2nnc(C)c(C)c2C#N)c(C#N)c1C. The molecule has 0 radical (unpaired) electrons. The molecule has 0 spiro atoms. The Kier molecular flexibility index (Phi) is 5.45. The molecule has 1 N–H and O–H groups in total. The van der Waals surface area contributed by atoms with Crippen molar-refractivity contribution in [3.8, 4) is 12.1 Å². The van der Waals surface area contributed by atoms with Gasteiger partial charge in [-0.05, 0) is 38.8 Å². The quantitative estimate of drug-likeness (QED) is 0.879. The van der Waals surface area contributed by atoms with E-state index in [-0.39, 0.29) is 0 Å². The molecule has 0 saturated carbocycles. The number of likely N-dealkylation sites (N-methyl/N-ethyl adjacent to an activating group) is 1. The van der Waals surface area contributed by atoms with Gasteiger partial charge in [-0.25, -0.2) is 0 Å². The highest BCUT2D eigenvalue weighted by molar-refractivity contribution is 5.58. The van der Waals surface area contributed by atoms with Crippen LogP contribution in [0.25, 0.3) is 0 Å². The minimum absolute atomic E-state index is 0.464. The van der Waals surface area contributed by atoms with Crippen molar-refractivity contribution in [3.05, 3.63) is 33.6 Å². The highest BCUT2D eigenvalue weighted by Crippen LogP contribution is 2.20. The third-order valence-corrected chi connectivity index (χ3v) is 4.22. The second-order valence-electron chi connectivity index (χ2n) is 5.81. The summed E-state index contributed by atoms with van der Waals surface area (Å²) < 4.78 is 0. The molecular weight excluding hydrogens is 316 g/mol. The van der Waals surface area contributed by atoms with Crippen molar-refractivity contribution < 1.29 is 0 Å². The first-order chi connectivity index (χ1) is 11.9. The summed E-state index contributed by atoms with van der Waals surface area (Å²) >= 11 is 0. The van der Waals surface area contributed by atoms with Gasteiger partial charge >= 0.3 is 0 Å². The first-order valence-corrected chi connectivity index (χ1v) is 7.83. The van der Waals surface area contributed by atoms with E-state index in [4.69, 9.17) is 0 Å². The van der Waals surface area contributed by atoms with Crippen LogP contribution in [0.3, 0.4) is 0 Å². The fraction of sp³-hybridized carbons (Fsp3) is 0.412. The molecule has 0 aliphatic heterocycles. The second kappa shape index (κ2) is 7.54. The maximum Gasteiger partial charge on any atom is 0.169 e. The van der Waals surface area contributed by atoms with Crippen molar-refractivity contribution in [1.82, 2.24) is 20.4 Å². The molecule has 0 atom stereocenters. The van der Waals surface area contributed by atoms with E-state index in [0.717, 1.165) is 22.5 Å². The number of rotatable bonds is 5. The lowest BCUT2D eigenvalue weighted by atomic mass is 10.1. The molecule has 8 heteroatoms. The van der Waals surface area contributed by atoms with Gasteiger partial charge in [0, 0.05) is 20.1 Å². The van der Waals surface area contributed by atoms with Gasteiger partial charge in [-0.2, -0.15) is 20.7 Å². The number of nitrogens with one attached hydrogen (secondary N) is 1. The van der Waals surface area contributed by atoms with Crippen LogP contribution in [-0.2, 0) is 0 Å². The molecule has 0 aliphatic carbocycles. The number of hydrogen-bond acceptors (Lipinski definition) is 8. The Morgan fingerprint density at radius 1 is 0.880 bits per heavy atom. The molecule has 0 unspecified atom stereocenters. The van der Waals surface area contributed by atoms with E-state index in [1.54, 1.807) is 0 Å². The first-order valence-electron chi connectivity index (χ1n) is 7.83. The van der Waals surface area contributed by atoms with Crippen LogP contribution in [0.1, 0.15) is 33.6 Å². The van der Waals surface area contributed by atoms with Crippen LogP contribution in [0.2, 0.25) is 0 Å². The minimum Gasteiger partial charge on any atom is -0.366 e. The largest absolute Gasteiger partial charge is 0.366 e. The van der Waals surface area contributed by atoms with Gasteiger partial charge in [0.25, 0.3) is 0 Å². The maximum atomic E-state index is 9.39. The molecule has 2 aromatic heterocycles. The Morgan fingerprint density at radius 2 is 1.44 bits per heavy atom. The predicted octanol–water partition coefficient (Wildman–Crippen LogP) is 1.79. The summed E-state index contributed by atoms with van der Waals surface area (Å²) in [6.45, 7) is 8.44. The van der Waals surface area contributed by atoms with Crippen LogP contribution in [0.5, 0.6) is 0 Å². The third kappa shape index (κ3) is 3.64. The fourth-order valence-electron chi connectivity index (χ4n) is 2.31. The number of nitriles is 2. The van der Waals surface area contributed by atoms with Crippen LogP contribution in [0.4, 0.5) is 11.6 Å². The molecule has 0 saturated heterocycles. The van der Waals surface area contributed by atoms with E-state index in [1.165, 1.54) is 0 Å². The van der Waals surface area contributed by atoms with E-state index in [0.29, 0.717) is 35.9 Å². The summed E-state index contributed by atoms with van der Waals surface area (Å²) in [5.41, 5.74) is 4.16. The number of aryl methyl sites for hydroxylation is 2. The van der Waals surface area contributed by atoms with Crippen molar-refractivity contribution in [1.29, 1.82) is 10.5 Å². The maximum absolute atomic E-state index is 9.39. The summed E-state index contributed by atoms with van der Waals surface area (Å²) in [6, 6.07) is 4.36. The molecule has 0 amide bonds. The van der Waals surface area contributed by atoms with Crippen LogP contribution < -0.4 is 10.2 Å². The summed E-state index contributed by atoms with van der Waals surface area (Å²) in [5, 5.41) is 38.2. The van der Waals surface area contributed by atoms with E-state index >= 15 is 0 Å². The Morgan fingerprint density at radius 3 is 2.04 bits per heavy atom. The molecule has 2 heterocycles. The first kappa shape index (κ1) is 18.1. The standard InChI is InChI=1S/C17H20N8/c1-10-12(3)21-23-16(14(10)8-18)20-6-7-25(5)17-15(9-19)11(2)13(4)22-24-17/h6-7H2,1-5H3,(H,20,23). The van der Waals surface area contributed by atoms with Gasteiger partial charge in [0.05, 0.1) is 11.4 Å². The molecule has 2 aromatic rings. The van der Waals surface area contributed by atoms with Gasteiger partial charge in [0.2, 0.25) is 0 Å². The molecule has 0 fully saturated rings. The Hall–Kier alpha value is -3.26. The van der Waals surface area contributed by atoms with E-state index in [1.807, 2.05) is 39.6 Å². The van der Waals surface area contributed by atoms with Gasteiger partial charge in [-0.1, -0.05) is 0 Å². The smallest absolute Gasteiger partial charge is 0.169 e. The van der Waals surface area contributed by atoms with Crippen molar-refractivity contribution in [2.75, 3.05) is 30.4 Å². The summed E-state index contributed by atoms with van der Waals surface area (Å²) in [5.74, 6) is 1.00. The topological polar surface area (TPSA) is 114 Å². The Labute approximate surface area is 147 Å². The van der Waals surface area contributed by atoms with E-state index in [2.05, 4.69) is 37.8 Å². The summed E-state index contributed by atoms with van der Waals surface area (Å²) in [6.07, 6.45) is 0. The van der Waals surface area contributed by atoms with Crippen LogP contribution in [-0.4, -0.2) is 40.5 Å². The molecule has 128 valence electrons. The molecule has 25 heavy (non-hydrogen) atoms. The van der Waals surface area contributed by atoms with Crippen molar-refractivity contribution >= 4 is 11.6 Å². The van der Waals surface area contributed by atoms with Gasteiger partial charge in [0.15, 0.2) is 11.6 Å². The van der Waals surface area contributed by atoms with Crippen LogP contribution in [0, 0.1) is 50.4 Å². The van der Waals surface area contributed by atoms with Crippen molar-refractivity contribution in [2.24, 2.45) is 0 Å². The van der Waals surface area contributed by atoms with Crippen LogP contribution in [0.15, 0.2) is 0 Å². The molecule has 0 aromatic carbocycles. The summed E-state index contributed by atoms with van der Waals surface area (Å²) in [4.78, 5) is 1.85. The minimum atomic E-state index is 0.464. The zero-order chi connectivity index (χ0) is 18.6. The average molecular weight is 336 g/mol. The Balaban J connectivity index is 2.12. The van der Waals surface area contributed by atoms with Gasteiger partial charge in [0.1, 0.15) is 23.3 Å². The average Bonchev–Trinajstić information content (AvgIpc) is 2.60. The number of hydrogen-bond donors (Lipinski definition) is 1. The zero-order valence-corrected chi connectivity index (χ0v) is 15.0. The van der Waals surface area contributed by atoms with Gasteiger partial charge in [-0.3, -0.25) is 0 Å². The third-order valence-electron chi connectivity index (χ3n) is 4.22. The molecule has 8 nitrogen and oxygen atoms in total. The zero-order valence-electron chi connectivity index (χ0n) is 15.0. The van der Waals surface area contributed by atoms with E-state index in [9.17, 15) is 10.5 Å². The van der Waals surface area contributed by atoms with Gasteiger partial charge < -0.3 is 10.2 Å². The summed E-state index contributed by atoms with van der Waals surface area (Å²) in [7, 11) is 1.85. The number of anilines is 2. The van der Waals surface area contributed by atoms with Crippen molar-refractivity contribution in [2.45, 2.75) is 27.7 Å². The predicted molar refractivity (Wildman–Crippen MR) is 94.2 cm³/mol. The van der Waals surface area contributed by atoms with E-state index < -0.39 is 0 Å². The Bertz CT molecular complexity index is 876. The lowest BCUT2D eigenvalue weighted by Gasteiger charge is -2.20. The molecule has 0 bridgehead atoms. The van der Waals surface area contributed by atoms with Gasteiger partial charge in [-0.15, -0.1) is 10.2 Å². The van der Waals surface area contributed by atoms with Crippen molar-refractivity contribution in [3.63, 3.8) is 0 Å². The molecular formula is C17H20N8. The monoisotopic (exact) mass is 336 g/mol. The fourth-order valence-corrected chi connectivity index (χ4v) is 2.31. The lowest BCUT2D eigenvalue weighted by Crippen LogP contribution is -2.27. The number of aromatic nitrogens is 4. The number of nitrogens with zero attached hydrogens (tertiary/aromatic N) is 7. The highest BCUT2D eigenvalue weighted by atomic mass is 15.3. The normalized spacial score (nSPS) is 10.0. The molecule has 0 aliphatic rings.